The molecular weight excluding hydrogens is 430 g/mol. The summed E-state index contributed by atoms with van der Waals surface area (Å²) in [5.41, 5.74) is 4.95. The number of hydrazone groups is 1. The molecule has 0 radical (unpaired) electrons. The van der Waals surface area contributed by atoms with E-state index in [0.717, 1.165) is 61.4 Å². The molecule has 8 nitrogen and oxygen atoms in total. The normalized spacial score (nSPS) is 18.0. The molecule has 2 aliphatic rings. The van der Waals surface area contributed by atoms with Gasteiger partial charge in [-0.1, -0.05) is 25.5 Å². The number of ether oxygens (including phenoxy) is 2. The highest BCUT2D eigenvalue weighted by Crippen LogP contribution is 2.35. The SMILES string of the molecule is CCCC1Cc2cc(OC)c(OC)cc2C(c2ccc(N3CCNCC3)cc2)=NN1C(=O)NC. The van der Waals surface area contributed by atoms with Crippen LogP contribution in [0.15, 0.2) is 41.5 Å². The van der Waals surface area contributed by atoms with Crippen LogP contribution in [0.3, 0.4) is 0 Å². The van der Waals surface area contributed by atoms with Gasteiger partial charge in [0.25, 0.3) is 0 Å². The highest BCUT2D eigenvalue weighted by molar-refractivity contribution is 6.14. The molecule has 2 N–H and O–H groups in total. The highest BCUT2D eigenvalue weighted by Gasteiger charge is 2.30. The molecule has 2 aromatic carbocycles. The Hall–Kier alpha value is -3.26. The number of rotatable bonds is 6. The number of fused-ring (bicyclic) bond motifs is 1. The Morgan fingerprint density at radius 2 is 1.79 bits per heavy atom. The third kappa shape index (κ3) is 4.82. The molecule has 2 aliphatic heterocycles. The van der Waals surface area contributed by atoms with Crippen molar-refractivity contribution in [3.8, 4) is 11.5 Å². The van der Waals surface area contributed by atoms with Crippen LogP contribution in [0.1, 0.15) is 36.5 Å². The number of carbonyl (C=O) groups excluding carboxylic acids is 1. The topological polar surface area (TPSA) is 78.4 Å². The lowest BCUT2D eigenvalue weighted by atomic mass is 9.92. The van der Waals surface area contributed by atoms with E-state index in [-0.39, 0.29) is 12.1 Å². The number of anilines is 1. The van der Waals surface area contributed by atoms with Crippen LogP contribution in [-0.4, -0.2) is 70.2 Å². The van der Waals surface area contributed by atoms with E-state index in [0.29, 0.717) is 17.9 Å². The highest BCUT2D eigenvalue weighted by atomic mass is 16.5. The van der Waals surface area contributed by atoms with E-state index in [2.05, 4.69) is 46.7 Å². The van der Waals surface area contributed by atoms with E-state index in [1.54, 1.807) is 26.3 Å². The molecule has 8 heteroatoms. The van der Waals surface area contributed by atoms with E-state index in [4.69, 9.17) is 14.6 Å². The van der Waals surface area contributed by atoms with Gasteiger partial charge in [0, 0.05) is 50.0 Å². The van der Waals surface area contributed by atoms with E-state index >= 15 is 0 Å². The van der Waals surface area contributed by atoms with Crippen LogP contribution in [0.5, 0.6) is 11.5 Å². The quantitative estimate of drug-likeness (QED) is 0.685. The van der Waals surface area contributed by atoms with Gasteiger partial charge < -0.3 is 25.0 Å². The maximum absolute atomic E-state index is 12.9. The van der Waals surface area contributed by atoms with Gasteiger partial charge in [0.1, 0.15) is 0 Å². The predicted octanol–water partition coefficient (Wildman–Crippen LogP) is 3.23. The fraction of sp³-hybridized carbons (Fsp3) is 0.462. The zero-order valence-electron chi connectivity index (χ0n) is 20.6. The molecule has 0 bridgehead atoms. The van der Waals surface area contributed by atoms with Crippen molar-refractivity contribution in [1.29, 1.82) is 0 Å². The van der Waals surface area contributed by atoms with Crippen molar-refractivity contribution in [1.82, 2.24) is 15.6 Å². The summed E-state index contributed by atoms with van der Waals surface area (Å²) in [5.74, 6) is 1.32. The number of methoxy groups -OCH3 is 2. The summed E-state index contributed by atoms with van der Waals surface area (Å²) in [6.45, 7) is 6.08. The summed E-state index contributed by atoms with van der Waals surface area (Å²) < 4.78 is 11.2. The third-order valence-electron chi connectivity index (χ3n) is 6.54. The molecule has 2 aromatic rings. The van der Waals surface area contributed by atoms with Gasteiger partial charge in [0.15, 0.2) is 11.5 Å². The summed E-state index contributed by atoms with van der Waals surface area (Å²) in [6, 6.07) is 12.2. The fourth-order valence-electron chi connectivity index (χ4n) is 4.74. The number of hydrogen-bond donors (Lipinski definition) is 2. The van der Waals surface area contributed by atoms with Crippen LogP contribution in [0.2, 0.25) is 0 Å². The Bertz CT molecular complexity index is 1030. The first-order valence-electron chi connectivity index (χ1n) is 12.0. The second-order valence-electron chi connectivity index (χ2n) is 8.64. The smallest absolute Gasteiger partial charge is 0.337 e. The molecule has 0 aliphatic carbocycles. The number of carbonyl (C=O) groups is 1. The van der Waals surface area contributed by atoms with E-state index < -0.39 is 0 Å². The van der Waals surface area contributed by atoms with Crippen LogP contribution in [-0.2, 0) is 6.42 Å². The van der Waals surface area contributed by atoms with Crippen molar-refractivity contribution < 1.29 is 14.3 Å². The van der Waals surface area contributed by atoms with Gasteiger partial charge in [-0.25, -0.2) is 9.80 Å². The number of urea groups is 1. The largest absolute Gasteiger partial charge is 0.493 e. The minimum atomic E-state index is -0.208. The summed E-state index contributed by atoms with van der Waals surface area (Å²) in [6.07, 6.45) is 2.48. The maximum atomic E-state index is 12.9. The number of nitrogens with one attached hydrogen (secondary N) is 2. The number of piperazine rings is 1. The first-order valence-corrected chi connectivity index (χ1v) is 12.0. The van der Waals surface area contributed by atoms with Crippen molar-refractivity contribution in [2.75, 3.05) is 52.3 Å². The standard InChI is InChI=1S/C26H35N5O3/c1-5-6-21-15-19-16-23(33-3)24(34-4)17-22(19)25(29-31(21)26(32)27-2)18-7-9-20(10-8-18)30-13-11-28-12-14-30/h7-10,16-17,21,28H,5-6,11-15H2,1-4H3,(H,27,32). The van der Waals surface area contributed by atoms with Gasteiger partial charge in [0.05, 0.1) is 26.0 Å². The number of benzene rings is 2. The van der Waals surface area contributed by atoms with Gasteiger partial charge in [-0.15, -0.1) is 0 Å². The Morgan fingerprint density at radius 1 is 1.12 bits per heavy atom. The minimum absolute atomic E-state index is 0.0561. The van der Waals surface area contributed by atoms with Gasteiger partial charge in [0.2, 0.25) is 0 Å². The van der Waals surface area contributed by atoms with Crippen molar-refractivity contribution in [3.63, 3.8) is 0 Å². The molecule has 1 fully saturated rings. The van der Waals surface area contributed by atoms with Gasteiger partial charge in [-0.05, 0) is 42.7 Å². The Labute approximate surface area is 201 Å². The first kappa shape index (κ1) is 23.9. The molecule has 0 saturated carbocycles. The Kier molecular flexibility index (Phi) is 7.57. The second kappa shape index (κ2) is 10.8. The lowest BCUT2D eigenvalue weighted by Crippen LogP contribution is -2.43. The fourth-order valence-corrected chi connectivity index (χ4v) is 4.74. The molecule has 2 heterocycles. The number of hydrogen-bond acceptors (Lipinski definition) is 6. The van der Waals surface area contributed by atoms with E-state index in [1.165, 1.54) is 5.69 Å². The zero-order chi connectivity index (χ0) is 24.1. The average molecular weight is 466 g/mol. The molecule has 182 valence electrons. The summed E-state index contributed by atoms with van der Waals surface area (Å²) in [7, 11) is 4.93. The van der Waals surface area contributed by atoms with Crippen LogP contribution in [0, 0.1) is 0 Å². The lowest BCUT2D eigenvalue weighted by Gasteiger charge is -2.29. The van der Waals surface area contributed by atoms with Crippen molar-refractivity contribution in [2.45, 2.75) is 32.2 Å². The summed E-state index contributed by atoms with van der Waals surface area (Å²) in [4.78, 5) is 15.3. The van der Waals surface area contributed by atoms with Crippen molar-refractivity contribution >= 4 is 17.4 Å². The molecule has 0 aromatic heterocycles. The molecule has 1 saturated heterocycles. The maximum Gasteiger partial charge on any atom is 0.337 e. The molecule has 2 amide bonds. The van der Waals surface area contributed by atoms with Crippen LogP contribution < -0.4 is 25.0 Å². The van der Waals surface area contributed by atoms with Gasteiger partial charge >= 0.3 is 6.03 Å². The Balaban J connectivity index is 1.82. The zero-order valence-corrected chi connectivity index (χ0v) is 20.6. The van der Waals surface area contributed by atoms with Crippen LogP contribution >= 0.6 is 0 Å². The molecule has 1 atom stereocenters. The molecule has 4 rings (SSSR count). The second-order valence-corrected chi connectivity index (χ2v) is 8.64. The third-order valence-corrected chi connectivity index (χ3v) is 6.54. The van der Waals surface area contributed by atoms with E-state index in [9.17, 15) is 4.79 Å². The average Bonchev–Trinajstić information content (AvgIpc) is 3.04. The minimum Gasteiger partial charge on any atom is -0.493 e. The number of nitrogens with zero attached hydrogens (tertiary/aromatic N) is 3. The Morgan fingerprint density at radius 3 is 2.41 bits per heavy atom. The van der Waals surface area contributed by atoms with E-state index in [1.807, 2.05) is 12.1 Å². The molecule has 34 heavy (non-hydrogen) atoms. The predicted molar refractivity (Wildman–Crippen MR) is 135 cm³/mol. The first-order chi connectivity index (χ1) is 16.6. The molecule has 0 spiro atoms. The molecule has 1 unspecified atom stereocenters. The molecular formula is C26H35N5O3. The van der Waals surface area contributed by atoms with Crippen LogP contribution in [0.4, 0.5) is 10.5 Å². The summed E-state index contributed by atoms with van der Waals surface area (Å²) >= 11 is 0. The summed E-state index contributed by atoms with van der Waals surface area (Å²) in [5, 5.41) is 12.7. The monoisotopic (exact) mass is 465 g/mol. The number of amides is 2. The van der Waals surface area contributed by atoms with Crippen LogP contribution in [0.25, 0.3) is 0 Å². The van der Waals surface area contributed by atoms with Crippen molar-refractivity contribution in [2.24, 2.45) is 5.10 Å². The van der Waals surface area contributed by atoms with Gasteiger partial charge in [-0.3, -0.25) is 0 Å². The van der Waals surface area contributed by atoms with Crippen molar-refractivity contribution in [3.05, 3.63) is 53.1 Å². The van der Waals surface area contributed by atoms with Gasteiger partial charge in [-0.2, -0.15) is 5.10 Å². The lowest BCUT2D eigenvalue weighted by molar-refractivity contribution is 0.175.